The average molecular weight is 300 g/mol. The highest BCUT2D eigenvalue weighted by Crippen LogP contribution is 2.27. The zero-order valence-electron chi connectivity index (χ0n) is 11.7. The van der Waals surface area contributed by atoms with E-state index in [1.54, 1.807) is 19.2 Å². The van der Waals surface area contributed by atoms with Gasteiger partial charge in [-0.2, -0.15) is 0 Å². The molecule has 0 bridgehead atoms. The van der Waals surface area contributed by atoms with Gasteiger partial charge in [-0.15, -0.1) is 0 Å². The van der Waals surface area contributed by atoms with E-state index in [0.717, 1.165) is 11.3 Å². The van der Waals surface area contributed by atoms with Crippen molar-refractivity contribution in [3.05, 3.63) is 29.3 Å². The molecule has 7 heteroatoms. The number of rotatable bonds is 6. The highest BCUT2D eigenvalue weighted by atomic mass is 19.3. The van der Waals surface area contributed by atoms with Crippen LogP contribution >= 0.6 is 0 Å². The number of hydrogen-bond donors (Lipinski definition) is 2. The predicted octanol–water partition coefficient (Wildman–Crippen LogP) is 2.37. The van der Waals surface area contributed by atoms with Gasteiger partial charge in [0.25, 0.3) is 6.43 Å². The van der Waals surface area contributed by atoms with E-state index in [0.29, 0.717) is 12.1 Å². The number of amides is 2. The number of urea groups is 1. The second-order valence-electron chi connectivity index (χ2n) is 4.97. The molecule has 21 heavy (non-hydrogen) atoms. The van der Waals surface area contributed by atoms with Crippen molar-refractivity contribution in [2.24, 2.45) is 0 Å². The van der Waals surface area contributed by atoms with Gasteiger partial charge in [-0.25, -0.2) is 13.6 Å². The Balaban J connectivity index is 1.95. The molecule has 1 atom stereocenters. The monoisotopic (exact) mass is 300 g/mol. The Labute approximate surface area is 121 Å². The van der Waals surface area contributed by atoms with Crippen molar-refractivity contribution >= 4 is 11.7 Å². The number of carbonyl (C=O) groups excluding carboxylic acids is 1. The number of ether oxygens (including phenoxy) is 1. The molecule has 1 aromatic carbocycles. The maximum absolute atomic E-state index is 11.9. The Morgan fingerprint density at radius 2 is 2.24 bits per heavy atom. The zero-order chi connectivity index (χ0) is 15.4. The summed E-state index contributed by atoms with van der Waals surface area (Å²) in [6.45, 7) is -0.0867. The van der Waals surface area contributed by atoms with Crippen LogP contribution in [0.1, 0.15) is 23.7 Å². The standard InChI is InChI=1S/C14H18F2N2O3/c1-18-7-10-6-9(2-3-11(10)17-14(18)20)12(19)4-5-21-8-13(15)16/h2-3,6,12-13,19H,4-5,7-8H2,1H3,(H,17,20). The molecule has 2 rings (SSSR count). The van der Waals surface area contributed by atoms with Crippen LogP contribution < -0.4 is 5.32 Å². The van der Waals surface area contributed by atoms with Gasteiger partial charge in [-0.1, -0.05) is 6.07 Å². The molecule has 2 amide bonds. The van der Waals surface area contributed by atoms with Crippen molar-refractivity contribution in [1.29, 1.82) is 0 Å². The summed E-state index contributed by atoms with van der Waals surface area (Å²) < 4.78 is 28.6. The van der Waals surface area contributed by atoms with Crippen LogP contribution in [0.3, 0.4) is 0 Å². The molecule has 0 radical (unpaired) electrons. The molecule has 1 aromatic rings. The summed E-state index contributed by atoms with van der Waals surface area (Å²) in [4.78, 5) is 13.0. The first-order valence-corrected chi connectivity index (χ1v) is 6.66. The number of fused-ring (bicyclic) bond motifs is 1. The van der Waals surface area contributed by atoms with Crippen LogP contribution in [0.15, 0.2) is 18.2 Å². The van der Waals surface area contributed by atoms with Crippen LogP contribution in [0, 0.1) is 0 Å². The molecule has 0 spiro atoms. The van der Waals surface area contributed by atoms with Gasteiger partial charge in [-0.3, -0.25) is 0 Å². The van der Waals surface area contributed by atoms with Crippen LogP contribution in [0.5, 0.6) is 0 Å². The van der Waals surface area contributed by atoms with Crippen molar-refractivity contribution in [2.75, 3.05) is 25.6 Å². The van der Waals surface area contributed by atoms with E-state index in [2.05, 4.69) is 5.32 Å². The van der Waals surface area contributed by atoms with Crippen LogP contribution in [-0.2, 0) is 11.3 Å². The van der Waals surface area contributed by atoms with Crippen molar-refractivity contribution in [3.8, 4) is 0 Å². The van der Waals surface area contributed by atoms with E-state index in [-0.39, 0.29) is 19.1 Å². The molecule has 0 fully saturated rings. The molecule has 1 heterocycles. The average Bonchev–Trinajstić information content (AvgIpc) is 2.44. The van der Waals surface area contributed by atoms with E-state index in [1.807, 2.05) is 6.07 Å². The summed E-state index contributed by atoms with van der Waals surface area (Å²) in [7, 11) is 1.68. The highest BCUT2D eigenvalue weighted by molar-refractivity contribution is 5.92. The molecule has 2 N–H and O–H groups in total. The third kappa shape index (κ3) is 4.12. The van der Waals surface area contributed by atoms with Crippen LogP contribution in [-0.4, -0.2) is 42.7 Å². The second kappa shape index (κ2) is 6.82. The predicted molar refractivity (Wildman–Crippen MR) is 73.3 cm³/mol. The van der Waals surface area contributed by atoms with E-state index >= 15 is 0 Å². The Morgan fingerprint density at radius 3 is 2.95 bits per heavy atom. The van der Waals surface area contributed by atoms with Gasteiger partial charge in [-0.05, 0) is 23.3 Å². The lowest BCUT2D eigenvalue weighted by atomic mass is 10.0. The van der Waals surface area contributed by atoms with E-state index < -0.39 is 19.1 Å². The molecule has 0 aliphatic carbocycles. The van der Waals surface area contributed by atoms with E-state index in [9.17, 15) is 18.7 Å². The van der Waals surface area contributed by atoms with Crippen LogP contribution in [0.25, 0.3) is 0 Å². The Bertz CT molecular complexity index is 511. The summed E-state index contributed by atoms with van der Waals surface area (Å²) in [6, 6.07) is 5.08. The normalized spacial score (nSPS) is 15.9. The fraction of sp³-hybridized carbons (Fsp3) is 0.500. The number of nitrogens with one attached hydrogen (secondary N) is 1. The number of aliphatic hydroxyl groups excluding tert-OH is 1. The minimum atomic E-state index is -2.50. The first-order chi connectivity index (χ1) is 9.97. The quantitative estimate of drug-likeness (QED) is 0.793. The summed E-state index contributed by atoms with van der Waals surface area (Å²) in [6.07, 6.45) is -3.03. The largest absolute Gasteiger partial charge is 0.388 e. The SMILES string of the molecule is CN1Cc2cc(C(O)CCOCC(F)F)ccc2NC1=O. The molecular formula is C14H18F2N2O3. The molecule has 116 valence electrons. The van der Waals surface area contributed by atoms with Gasteiger partial charge >= 0.3 is 6.03 Å². The lowest BCUT2D eigenvalue weighted by Gasteiger charge is -2.26. The number of alkyl halides is 2. The third-order valence-electron chi connectivity index (χ3n) is 3.29. The number of anilines is 1. The summed E-state index contributed by atoms with van der Waals surface area (Å²) in [5.41, 5.74) is 2.31. The highest BCUT2D eigenvalue weighted by Gasteiger charge is 2.20. The first-order valence-electron chi connectivity index (χ1n) is 6.66. The molecule has 5 nitrogen and oxygen atoms in total. The first kappa shape index (κ1) is 15.7. The minimum absolute atomic E-state index is 0.0687. The minimum Gasteiger partial charge on any atom is -0.388 e. The fourth-order valence-corrected chi connectivity index (χ4v) is 2.15. The lowest BCUT2D eigenvalue weighted by Crippen LogP contribution is -2.35. The van der Waals surface area contributed by atoms with Crippen LogP contribution in [0.4, 0.5) is 19.3 Å². The Hall–Kier alpha value is -1.73. The summed E-state index contributed by atoms with van der Waals surface area (Å²) in [5, 5.41) is 12.8. The topological polar surface area (TPSA) is 61.8 Å². The number of aliphatic hydroxyl groups is 1. The second-order valence-corrected chi connectivity index (χ2v) is 4.97. The van der Waals surface area contributed by atoms with Crippen LogP contribution in [0.2, 0.25) is 0 Å². The molecule has 1 unspecified atom stereocenters. The van der Waals surface area contributed by atoms with E-state index in [4.69, 9.17) is 4.74 Å². The number of hydrogen-bond acceptors (Lipinski definition) is 3. The maximum Gasteiger partial charge on any atom is 0.321 e. The van der Waals surface area contributed by atoms with Gasteiger partial charge in [0, 0.05) is 32.3 Å². The number of nitrogens with zero attached hydrogens (tertiary/aromatic N) is 1. The number of carbonyl (C=O) groups is 1. The van der Waals surface area contributed by atoms with Gasteiger partial charge in [0.2, 0.25) is 0 Å². The summed E-state index contributed by atoms with van der Waals surface area (Å²) >= 11 is 0. The Kier molecular flexibility index (Phi) is 5.08. The van der Waals surface area contributed by atoms with Gasteiger partial charge in [0.1, 0.15) is 6.61 Å². The van der Waals surface area contributed by atoms with E-state index in [1.165, 1.54) is 4.90 Å². The third-order valence-corrected chi connectivity index (χ3v) is 3.29. The van der Waals surface area contributed by atoms with Gasteiger partial charge < -0.3 is 20.1 Å². The fourth-order valence-electron chi connectivity index (χ4n) is 2.15. The number of halogens is 2. The molecule has 0 saturated carbocycles. The molecule has 1 aliphatic rings. The summed E-state index contributed by atoms with van der Waals surface area (Å²) in [5.74, 6) is 0. The van der Waals surface area contributed by atoms with Crippen molar-refractivity contribution in [1.82, 2.24) is 4.90 Å². The smallest absolute Gasteiger partial charge is 0.321 e. The lowest BCUT2D eigenvalue weighted by molar-refractivity contribution is 0.00480. The van der Waals surface area contributed by atoms with Gasteiger partial charge in [0.15, 0.2) is 0 Å². The van der Waals surface area contributed by atoms with Gasteiger partial charge in [0.05, 0.1) is 6.10 Å². The molecule has 1 aliphatic heterocycles. The Morgan fingerprint density at radius 1 is 1.48 bits per heavy atom. The number of benzene rings is 1. The van der Waals surface area contributed by atoms with Crippen molar-refractivity contribution < 1.29 is 23.4 Å². The molecule has 0 saturated heterocycles. The zero-order valence-corrected chi connectivity index (χ0v) is 11.7. The van der Waals surface area contributed by atoms with Crippen molar-refractivity contribution in [3.63, 3.8) is 0 Å². The molecular weight excluding hydrogens is 282 g/mol. The molecule has 0 aromatic heterocycles. The maximum atomic E-state index is 11.9. The van der Waals surface area contributed by atoms with Crippen molar-refractivity contribution in [2.45, 2.75) is 25.5 Å².